The molecule has 0 amide bonds. The molecule has 0 bridgehead atoms. The van der Waals surface area contributed by atoms with E-state index in [1.165, 1.54) is 24.3 Å². The molecule has 18 heavy (non-hydrogen) atoms. The van der Waals surface area contributed by atoms with Gasteiger partial charge in [0.05, 0.1) is 16.8 Å². The molecule has 0 radical (unpaired) electrons. The summed E-state index contributed by atoms with van der Waals surface area (Å²) < 4.78 is 23.1. The topological polar surface area (TPSA) is 108 Å². The van der Waals surface area contributed by atoms with E-state index in [4.69, 9.17) is 10.7 Å². The largest absolute Gasteiger partial charge is 0.282 e. The average molecular weight is 289 g/mol. The van der Waals surface area contributed by atoms with E-state index in [1.54, 1.807) is 0 Å². The molecule has 0 fully saturated rings. The first-order valence-electron chi connectivity index (χ1n) is 4.50. The number of non-ortho nitro benzene ring substituents is 1. The van der Waals surface area contributed by atoms with Crippen molar-refractivity contribution in [1.29, 1.82) is 0 Å². The molecule has 2 aromatic rings. The fourth-order valence-corrected chi connectivity index (χ4v) is 1.79. The highest BCUT2D eigenvalue weighted by Gasteiger charge is 2.15. The number of aromatic nitrogens is 3. The first-order chi connectivity index (χ1) is 8.38. The van der Waals surface area contributed by atoms with Crippen LogP contribution in [0.4, 0.5) is 5.69 Å². The summed E-state index contributed by atoms with van der Waals surface area (Å²) in [5.41, 5.74) is 0.351. The predicted molar refractivity (Wildman–Crippen MR) is 61.1 cm³/mol. The Bertz CT molecular complexity index is 694. The molecule has 10 heteroatoms. The van der Waals surface area contributed by atoms with Crippen molar-refractivity contribution in [1.82, 2.24) is 15.0 Å². The van der Waals surface area contributed by atoms with Crippen LogP contribution in [0.3, 0.4) is 0 Å². The van der Waals surface area contributed by atoms with Gasteiger partial charge in [0.1, 0.15) is 0 Å². The highest BCUT2D eigenvalue weighted by molar-refractivity contribution is 8.13. The molecule has 0 aliphatic carbocycles. The summed E-state index contributed by atoms with van der Waals surface area (Å²) in [4.78, 5) is 9.92. The van der Waals surface area contributed by atoms with Crippen LogP contribution >= 0.6 is 10.7 Å². The van der Waals surface area contributed by atoms with Gasteiger partial charge in [-0.15, -0.1) is 5.10 Å². The number of nitro groups is 1. The second-order valence-corrected chi connectivity index (χ2v) is 5.73. The zero-order valence-electron chi connectivity index (χ0n) is 8.59. The van der Waals surface area contributed by atoms with Crippen molar-refractivity contribution in [2.75, 3.05) is 0 Å². The molecule has 94 valence electrons. The average Bonchev–Trinajstić information content (AvgIpc) is 2.78. The van der Waals surface area contributed by atoms with Crippen LogP contribution in [0.15, 0.2) is 35.5 Å². The Morgan fingerprint density at radius 2 is 1.89 bits per heavy atom. The SMILES string of the molecule is O=[N+]([O-])c1ccc(-n2cc(S(=O)(=O)Cl)nn2)cc1. The van der Waals surface area contributed by atoms with E-state index in [0.29, 0.717) is 5.69 Å². The molecular formula is C8H5ClN4O4S. The van der Waals surface area contributed by atoms with Crippen LogP contribution in [0.5, 0.6) is 0 Å². The van der Waals surface area contributed by atoms with E-state index in [1.807, 2.05) is 0 Å². The van der Waals surface area contributed by atoms with Gasteiger partial charge in [-0.25, -0.2) is 13.1 Å². The minimum Gasteiger partial charge on any atom is -0.258 e. The molecule has 0 saturated heterocycles. The lowest BCUT2D eigenvalue weighted by Crippen LogP contribution is -1.95. The third kappa shape index (κ3) is 2.46. The second kappa shape index (κ2) is 4.35. The number of rotatable bonds is 3. The summed E-state index contributed by atoms with van der Waals surface area (Å²) >= 11 is 0. The summed E-state index contributed by atoms with van der Waals surface area (Å²) in [5, 5.41) is 17.0. The van der Waals surface area contributed by atoms with Crippen molar-refractivity contribution in [2.45, 2.75) is 5.03 Å². The van der Waals surface area contributed by atoms with Gasteiger partial charge in [-0.2, -0.15) is 0 Å². The van der Waals surface area contributed by atoms with Gasteiger partial charge >= 0.3 is 0 Å². The van der Waals surface area contributed by atoms with Gasteiger partial charge in [0.25, 0.3) is 14.7 Å². The van der Waals surface area contributed by atoms with Gasteiger partial charge in [-0.3, -0.25) is 10.1 Å². The molecule has 0 aliphatic heterocycles. The molecule has 0 aliphatic rings. The Hall–Kier alpha value is -2.00. The molecule has 1 aromatic heterocycles. The van der Waals surface area contributed by atoms with Crippen molar-refractivity contribution >= 4 is 25.4 Å². The Morgan fingerprint density at radius 1 is 1.28 bits per heavy atom. The van der Waals surface area contributed by atoms with E-state index in [2.05, 4.69) is 10.3 Å². The molecule has 0 N–H and O–H groups in total. The third-order valence-corrected chi connectivity index (χ3v) is 3.21. The van der Waals surface area contributed by atoms with Crippen LogP contribution in [0, 0.1) is 10.1 Å². The Morgan fingerprint density at radius 3 is 2.33 bits per heavy atom. The third-order valence-electron chi connectivity index (χ3n) is 2.05. The summed E-state index contributed by atoms with van der Waals surface area (Å²) in [6.45, 7) is 0. The Balaban J connectivity index is 2.38. The summed E-state index contributed by atoms with van der Waals surface area (Å²) in [6, 6.07) is 5.37. The lowest BCUT2D eigenvalue weighted by Gasteiger charge is -1.98. The fourth-order valence-electron chi connectivity index (χ4n) is 1.21. The van der Waals surface area contributed by atoms with Crippen molar-refractivity contribution in [2.24, 2.45) is 0 Å². The quantitative estimate of drug-likeness (QED) is 0.475. The van der Waals surface area contributed by atoms with E-state index in [9.17, 15) is 18.5 Å². The maximum atomic E-state index is 11.0. The van der Waals surface area contributed by atoms with Gasteiger partial charge in [-0.1, -0.05) is 5.21 Å². The van der Waals surface area contributed by atoms with Crippen LogP contribution < -0.4 is 0 Å². The van der Waals surface area contributed by atoms with Gasteiger partial charge < -0.3 is 0 Å². The highest BCUT2D eigenvalue weighted by Crippen LogP contribution is 2.16. The number of hydrogen-bond acceptors (Lipinski definition) is 6. The van der Waals surface area contributed by atoms with Crippen LogP contribution in [-0.4, -0.2) is 28.3 Å². The van der Waals surface area contributed by atoms with Gasteiger partial charge in [0, 0.05) is 22.8 Å². The van der Waals surface area contributed by atoms with Crippen molar-refractivity contribution in [3.8, 4) is 5.69 Å². The normalized spacial score (nSPS) is 11.4. The highest BCUT2D eigenvalue weighted by atomic mass is 35.7. The van der Waals surface area contributed by atoms with Crippen LogP contribution in [-0.2, 0) is 9.05 Å². The number of nitrogens with zero attached hydrogens (tertiary/aromatic N) is 4. The molecule has 0 spiro atoms. The van der Waals surface area contributed by atoms with Crippen LogP contribution in [0.2, 0.25) is 0 Å². The van der Waals surface area contributed by atoms with Crippen molar-refractivity contribution < 1.29 is 13.3 Å². The molecule has 0 unspecified atom stereocenters. The summed E-state index contributed by atoms with van der Waals surface area (Å²) in [5.74, 6) is 0. The standard InChI is InChI=1S/C8H5ClN4O4S/c9-18(16,17)8-5-12(11-10-8)6-1-3-7(4-2-6)13(14)15/h1-5H. The molecule has 8 nitrogen and oxygen atoms in total. The minimum atomic E-state index is -3.94. The minimum absolute atomic E-state index is 0.0796. The Kier molecular flexibility index (Phi) is 3.01. The number of benzene rings is 1. The number of hydrogen-bond donors (Lipinski definition) is 0. The number of halogens is 1. The maximum absolute atomic E-state index is 11.0. The van der Waals surface area contributed by atoms with E-state index in [0.717, 1.165) is 10.9 Å². The predicted octanol–water partition coefficient (Wildman–Crippen LogP) is 1.10. The summed E-state index contributed by atoms with van der Waals surface area (Å²) in [7, 11) is 1.15. The molecule has 0 saturated carbocycles. The Labute approximate surface area is 105 Å². The summed E-state index contributed by atoms with van der Waals surface area (Å²) in [6.07, 6.45) is 1.11. The number of nitro benzene ring substituents is 1. The lowest BCUT2D eigenvalue weighted by atomic mass is 10.3. The molecule has 2 rings (SSSR count). The van der Waals surface area contributed by atoms with Crippen LogP contribution in [0.25, 0.3) is 5.69 Å². The maximum Gasteiger partial charge on any atom is 0.282 e. The molecular weight excluding hydrogens is 284 g/mol. The zero-order valence-corrected chi connectivity index (χ0v) is 10.2. The zero-order chi connectivity index (χ0) is 13.3. The molecule has 1 aromatic carbocycles. The van der Waals surface area contributed by atoms with Crippen molar-refractivity contribution in [3.63, 3.8) is 0 Å². The van der Waals surface area contributed by atoms with Gasteiger partial charge in [-0.05, 0) is 12.1 Å². The first-order valence-corrected chi connectivity index (χ1v) is 6.81. The molecule has 0 atom stereocenters. The molecule has 1 heterocycles. The van der Waals surface area contributed by atoms with Crippen molar-refractivity contribution in [3.05, 3.63) is 40.6 Å². The van der Waals surface area contributed by atoms with E-state index in [-0.39, 0.29) is 10.7 Å². The second-order valence-electron chi connectivity index (χ2n) is 3.21. The first kappa shape index (κ1) is 12.5. The lowest BCUT2D eigenvalue weighted by molar-refractivity contribution is -0.384. The smallest absolute Gasteiger partial charge is 0.258 e. The van der Waals surface area contributed by atoms with Gasteiger partial charge in [0.15, 0.2) is 0 Å². The van der Waals surface area contributed by atoms with Gasteiger partial charge in [0.2, 0.25) is 5.03 Å². The fraction of sp³-hybridized carbons (Fsp3) is 0. The van der Waals surface area contributed by atoms with E-state index >= 15 is 0 Å². The monoisotopic (exact) mass is 288 g/mol. The van der Waals surface area contributed by atoms with Crippen LogP contribution in [0.1, 0.15) is 0 Å². The van der Waals surface area contributed by atoms with E-state index < -0.39 is 14.0 Å².